The summed E-state index contributed by atoms with van der Waals surface area (Å²) in [5.74, 6) is 0.468. The number of hydrogen-bond acceptors (Lipinski definition) is 3. The minimum Gasteiger partial charge on any atom is -0.455 e. The smallest absolute Gasteiger partial charge is 0.303 e. The number of aromatic nitrogens is 2. The Hall–Kier alpha value is -1.32. The second-order valence-electron chi connectivity index (χ2n) is 2.65. The van der Waals surface area contributed by atoms with E-state index in [2.05, 4.69) is 4.98 Å². The topological polar surface area (TPSA) is 44.1 Å². The van der Waals surface area contributed by atoms with E-state index in [-0.39, 0.29) is 12.1 Å². The lowest BCUT2D eigenvalue weighted by Gasteiger charge is -2.10. The molecular weight excluding hydrogens is 156 g/mol. The van der Waals surface area contributed by atoms with Crippen molar-refractivity contribution in [3.8, 4) is 0 Å². The Kier molecular flexibility index (Phi) is 2.47. The Morgan fingerprint density at radius 3 is 2.83 bits per heavy atom. The molecule has 0 saturated heterocycles. The van der Waals surface area contributed by atoms with Gasteiger partial charge in [0.05, 0.1) is 0 Å². The fraction of sp³-hybridized carbons (Fsp3) is 0.500. The molecule has 0 saturated carbocycles. The van der Waals surface area contributed by atoms with E-state index < -0.39 is 0 Å². The monoisotopic (exact) mass is 168 g/mol. The first-order chi connectivity index (χ1) is 5.61. The molecule has 0 spiro atoms. The molecule has 0 bridgehead atoms. The number of esters is 1. The molecule has 1 atom stereocenters. The van der Waals surface area contributed by atoms with E-state index in [1.807, 2.05) is 17.8 Å². The lowest BCUT2D eigenvalue weighted by atomic mass is 10.4. The Morgan fingerprint density at radius 1 is 1.75 bits per heavy atom. The van der Waals surface area contributed by atoms with Gasteiger partial charge in [-0.05, 0) is 6.92 Å². The van der Waals surface area contributed by atoms with Crippen LogP contribution in [0.2, 0.25) is 0 Å². The minimum absolute atomic E-state index is 0.275. The zero-order valence-corrected chi connectivity index (χ0v) is 7.44. The SMILES string of the molecule is CC(=O)OC(C)c1nccn1C. The highest BCUT2D eigenvalue weighted by Crippen LogP contribution is 2.12. The van der Waals surface area contributed by atoms with Crippen LogP contribution >= 0.6 is 0 Å². The van der Waals surface area contributed by atoms with Crippen LogP contribution in [0.5, 0.6) is 0 Å². The van der Waals surface area contributed by atoms with E-state index >= 15 is 0 Å². The molecule has 0 N–H and O–H groups in total. The standard InChI is InChI=1S/C8H12N2O2/c1-6(12-7(2)11)8-9-4-5-10(8)3/h4-6H,1-3H3. The van der Waals surface area contributed by atoms with Crippen LogP contribution in [0.3, 0.4) is 0 Å². The summed E-state index contributed by atoms with van der Waals surface area (Å²) in [5, 5.41) is 0. The average Bonchev–Trinajstić information content (AvgIpc) is 2.33. The highest BCUT2D eigenvalue weighted by atomic mass is 16.5. The zero-order chi connectivity index (χ0) is 9.14. The van der Waals surface area contributed by atoms with Crippen molar-refractivity contribution in [3.63, 3.8) is 0 Å². The molecular formula is C8H12N2O2. The predicted molar refractivity (Wildman–Crippen MR) is 43.4 cm³/mol. The molecule has 1 aromatic rings. The first kappa shape index (κ1) is 8.77. The highest BCUT2D eigenvalue weighted by Gasteiger charge is 2.12. The van der Waals surface area contributed by atoms with Crippen LogP contribution in [0.1, 0.15) is 25.8 Å². The van der Waals surface area contributed by atoms with Crippen molar-refractivity contribution >= 4 is 5.97 Å². The van der Waals surface area contributed by atoms with Crippen LogP contribution in [0.15, 0.2) is 12.4 Å². The number of ether oxygens (including phenoxy) is 1. The number of carbonyl (C=O) groups is 1. The van der Waals surface area contributed by atoms with Gasteiger partial charge in [-0.2, -0.15) is 0 Å². The van der Waals surface area contributed by atoms with Gasteiger partial charge in [0.15, 0.2) is 6.10 Å². The quantitative estimate of drug-likeness (QED) is 0.620. The Labute approximate surface area is 71.2 Å². The molecule has 0 aliphatic heterocycles. The molecule has 1 unspecified atom stereocenters. The van der Waals surface area contributed by atoms with Crippen molar-refractivity contribution in [1.29, 1.82) is 0 Å². The second-order valence-corrected chi connectivity index (χ2v) is 2.65. The summed E-state index contributed by atoms with van der Waals surface area (Å²) in [6.07, 6.45) is 3.22. The summed E-state index contributed by atoms with van der Waals surface area (Å²) in [4.78, 5) is 14.7. The fourth-order valence-electron chi connectivity index (χ4n) is 1.07. The Morgan fingerprint density at radius 2 is 2.42 bits per heavy atom. The summed E-state index contributed by atoms with van der Waals surface area (Å²) >= 11 is 0. The van der Waals surface area contributed by atoms with Gasteiger partial charge in [0.25, 0.3) is 0 Å². The number of nitrogens with zero attached hydrogens (tertiary/aromatic N) is 2. The fourth-order valence-corrected chi connectivity index (χ4v) is 1.07. The van der Waals surface area contributed by atoms with E-state index in [1.54, 1.807) is 13.1 Å². The van der Waals surface area contributed by atoms with Crippen LogP contribution in [-0.4, -0.2) is 15.5 Å². The zero-order valence-electron chi connectivity index (χ0n) is 7.44. The number of rotatable bonds is 2. The first-order valence-electron chi connectivity index (χ1n) is 3.75. The summed E-state index contributed by atoms with van der Waals surface area (Å²) in [6.45, 7) is 3.18. The van der Waals surface area contributed by atoms with Gasteiger partial charge in [-0.1, -0.05) is 0 Å². The predicted octanol–water partition coefficient (Wildman–Crippen LogP) is 1.04. The van der Waals surface area contributed by atoms with E-state index in [9.17, 15) is 4.79 Å². The number of hydrogen-bond donors (Lipinski definition) is 0. The highest BCUT2D eigenvalue weighted by molar-refractivity contribution is 5.66. The van der Waals surface area contributed by atoms with Gasteiger partial charge >= 0.3 is 5.97 Å². The maximum Gasteiger partial charge on any atom is 0.303 e. The van der Waals surface area contributed by atoms with Crippen LogP contribution in [-0.2, 0) is 16.6 Å². The lowest BCUT2D eigenvalue weighted by Crippen LogP contribution is -2.09. The maximum atomic E-state index is 10.6. The molecule has 66 valence electrons. The van der Waals surface area contributed by atoms with Gasteiger partial charge in [0.1, 0.15) is 5.82 Å². The largest absolute Gasteiger partial charge is 0.455 e. The van der Waals surface area contributed by atoms with Gasteiger partial charge < -0.3 is 9.30 Å². The number of imidazole rings is 1. The lowest BCUT2D eigenvalue weighted by molar-refractivity contribution is -0.146. The molecule has 0 amide bonds. The average molecular weight is 168 g/mol. The van der Waals surface area contributed by atoms with Crippen LogP contribution < -0.4 is 0 Å². The van der Waals surface area contributed by atoms with Gasteiger partial charge in [0.2, 0.25) is 0 Å². The molecule has 0 radical (unpaired) electrons. The molecule has 0 aromatic carbocycles. The second kappa shape index (κ2) is 3.38. The number of aryl methyl sites for hydroxylation is 1. The Balaban J connectivity index is 2.71. The summed E-state index contributed by atoms with van der Waals surface area (Å²) in [6, 6.07) is 0. The molecule has 12 heavy (non-hydrogen) atoms. The van der Waals surface area contributed by atoms with Crippen LogP contribution in [0, 0.1) is 0 Å². The van der Waals surface area contributed by atoms with Crippen molar-refractivity contribution < 1.29 is 9.53 Å². The van der Waals surface area contributed by atoms with Gasteiger partial charge in [0, 0.05) is 26.4 Å². The third kappa shape index (κ3) is 1.84. The molecule has 1 heterocycles. The molecule has 1 aromatic heterocycles. The normalized spacial score (nSPS) is 12.6. The van der Waals surface area contributed by atoms with Crippen molar-refractivity contribution in [1.82, 2.24) is 9.55 Å². The third-order valence-electron chi connectivity index (χ3n) is 1.56. The summed E-state index contributed by atoms with van der Waals surface area (Å²) in [7, 11) is 1.86. The molecule has 1 rings (SSSR count). The van der Waals surface area contributed by atoms with E-state index in [0.29, 0.717) is 0 Å². The van der Waals surface area contributed by atoms with Crippen molar-refractivity contribution in [3.05, 3.63) is 18.2 Å². The minimum atomic E-state index is -0.287. The molecule has 4 heteroatoms. The maximum absolute atomic E-state index is 10.6. The molecule has 0 aliphatic carbocycles. The third-order valence-corrected chi connectivity index (χ3v) is 1.56. The summed E-state index contributed by atoms with van der Waals surface area (Å²) in [5.41, 5.74) is 0. The molecule has 0 aliphatic rings. The van der Waals surface area contributed by atoms with E-state index in [4.69, 9.17) is 4.74 Å². The van der Waals surface area contributed by atoms with Crippen molar-refractivity contribution in [2.75, 3.05) is 0 Å². The summed E-state index contributed by atoms with van der Waals surface area (Å²) < 4.78 is 6.78. The van der Waals surface area contributed by atoms with E-state index in [0.717, 1.165) is 5.82 Å². The van der Waals surface area contributed by atoms with Crippen LogP contribution in [0.25, 0.3) is 0 Å². The van der Waals surface area contributed by atoms with Gasteiger partial charge in [-0.25, -0.2) is 4.98 Å². The van der Waals surface area contributed by atoms with E-state index in [1.165, 1.54) is 6.92 Å². The van der Waals surface area contributed by atoms with Crippen molar-refractivity contribution in [2.45, 2.75) is 20.0 Å². The molecule has 0 fully saturated rings. The first-order valence-corrected chi connectivity index (χ1v) is 3.75. The molecule has 4 nitrogen and oxygen atoms in total. The van der Waals surface area contributed by atoms with Gasteiger partial charge in [-0.3, -0.25) is 4.79 Å². The number of carbonyl (C=O) groups excluding carboxylic acids is 1. The van der Waals surface area contributed by atoms with Crippen molar-refractivity contribution in [2.24, 2.45) is 7.05 Å². The van der Waals surface area contributed by atoms with Gasteiger partial charge in [-0.15, -0.1) is 0 Å². The Bertz CT molecular complexity index is 280. The van der Waals surface area contributed by atoms with Crippen LogP contribution in [0.4, 0.5) is 0 Å².